The SMILES string of the molecule is CCc1c(Cl)cccc1/C=C1\CCC(C)(C)C1(O)Cn1ncnc1SCC(C)C. The Hall–Kier alpha value is -1.30. The van der Waals surface area contributed by atoms with Crippen molar-refractivity contribution in [2.24, 2.45) is 11.3 Å². The molecule has 1 aromatic heterocycles. The maximum absolute atomic E-state index is 11.9. The molecule has 0 amide bonds. The van der Waals surface area contributed by atoms with E-state index in [9.17, 15) is 5.11 Å². The maximum atomic E-state index is 11.9. The topological polar surface area (TPSA) is 50.9 Å². The van der Waals surface area contributed by atoms with Crippen LogP contribution in [0.25, 0.3) is 6.08 Å². The number of aliphatic hydroxyl groups is 1. The van der Waals surface area contributed by atoms with Crippen molar-refractivity contribution in [2.75, 3.05) is 5.75 Å². The summed E-state index contributed by atoms with van der Waals surface area (Å²) in [6.45, 7) is 11.2. The smallest absolute Gasteiger partial charge is 0.186 e. The lowest BCUT2D eigenvalue weighted by Crippen LogP contribution is -2.45. The summed E-state index contributed by atoms with van der Waals surface area (Å²) < 4.78 is 1.87. The summed E-state index contributed by atoms with van der Waals surface area (Å²) >= 11 is 8.12. The fourth-order valence-corrected chi connectivity index (χ4v) is 5.19. The number of halogens is 1. The van der Waals surface area contributed by atoms with E-state index in [1.54, 1.807) is 18.1 Å². The van der Waals surface area contributed by atoms with E-state index in [4.69, 9.17) is 11.6 Å². The van der Waals surface area contributed by atoms with Crippen molar-refractivity contribution in [3.8, 4) is 0 Å². The number of rotatable bonds is 7. The van der Waals surface area contributed by atoms with Crippen LogP contribution in [0.2, 0.25) is 5.02 Å². The van der Waals surface area contributed by atoms with Crippen LogP contribution in [0.15, 0.2) is 35.3 Å². The molecule has 6 heteroatoms. The summed E-state index contributed by atoms with van der Waals surface area (Å²) in [7, 11) is 0. The van der Waals surface area contributed by atoms with Crippen LogP contribution < -0.4 is 0 Å². The molecule has 1 aromatic carbocycles. The summed E-state index contributed by atoms with van der Waals surface area (Å²) in [6.07, 6.45) is 6.39. The summed E-state index contributed by atoms with van der Waals surface area (Å²) in [5.74, 6) is 1.55. The molecule has 1 aliphatic rings. The first-order valence-corrected chi connectivity index (χ1v) is 11.8. The van der Waals surface area contributed by atoms with Gasteiger partial charge < -0.3 is 5.11 Å². The van der Waals surface area contributed by atoms with Crippen molar-refractivity contribution >= 4 is 29.4 Å². The van der Waals surface area contributed by atoms with Crippen LogP contribution in [-0.4, -0.2) is 31.2 Å². The average Bonchev–Trinajstić information content (AvgIpc) is 3.17. The molecule has 1 fully saturated rings. The molecule has 1 heterocycles. The molecule has 2 aromatic rings. The lowest BCUT2D eigenvalue weighted by molar-refractivity contribution is -0.0317. The number of hydrogen-bond acceptors (Lipinski definition) is 4. The third kappa shape index (κ3) is 4.57. The van der Waals surface area contributed by atoms with Crippen molar-refractivity contribution in [1.29, 1.82) is 0 Å². The minimum atomic E-state index is -0.985. The van der Waals surface area contributed by atoms with Gasteiger partial charge in [-0.25, -0.2) is 9.67 Å². The minimum Gasteiger partial charge on any atom is -0.383 e. The summed E-state index contributed by atoms with van der Waals surface area (Å²) in [5.41, 5.74) is 2.04. The second-order valence-electron chi connectivity index (χ2n) is 8.98. The second-order valence-corrected chi connectivity index (χ2v) is 10.4. The van der Waals surface area contributed by atoms with Gasteiger partial charge in [0.1, 0.15) is 11.9 Å². The van der Waals surface area contributed by atoms with E-state index in [0.29, 0.717) is 12.5 Å². The van der Waals surface area contributed by atoms with Crippen LogP contribution in [0.4, 0.5) is 0 Å². The quantitative estimate of drug-likeness (QED) is 0.554. The zero-order chi connectivity index (χ0) is 21.2. The van der Waals surface area contributed by atoms with Gasteiger partial charge >= 0.3 is 0 Å². The zero-order valence-electron chi connectivity index (χ0n) is 18.1. The molecule has 1 unspecified atom stereocenters. The lowest BCUT2D eigenvalue weighted by atomic mass is 9.75. The minimum absolute atomic E-state index is 0.254. The lowest BCUT2D eigenvalue weighted by Gasteiger charge is -2.38. The summed E-state index contributed by atoms with van der Waals surface area (Å²) in [6, 6.07) is 5.99. The highest BCUT2D eigenvalue weighted by atomic mass is 35.5. The van der Waals surface area contributed by atoms with Crippen LogP contribution >= 0.6 is 23.4 Å². The standard InChI is InChI=1S/C23H32ClN3OS/c1-6-19-17(8-7-9-20(19)24)12-18-10-11-22(4,5)23(18,28)14-27-21(25-15-26-27)29-13-16(2)3/h7-9,12,15-16,28H,6,10-11,13-14H2,1-5H3/b18-12+. The van der Waals surface area contributed by atoms with Gasteiger partial charge in [0, 0.05) is 10.8 Å². The Morgan fingerprint density at radius 2 is 2.10 bits per heavy atom. The molecule has 0 aliphatic heterocycles. The molecule has 1 saturated carbocycles. The zero-order valence-corrected chi connectivity index (χ0v) is 19.6. The molecule has 29 heavy (non-hydrogen) atoms. The van der Waals surface area contributed by atoms with E-state index in [2.05, 4.69) is 56.8 Å². The molecule has 1 aliphatic carbocycles. The molecule has 1 atom stereocenters. The Kier molecular flexibility index (Phi) is 6.81. The van der Waals surface area contributed by atoms with Crippen LogP contribution in [0.1, 0.15) is 58.6 Å². The Labute approximate surface area is 183 Å². The Bertz CT molecular complexity index is 890. The number of nitrogens with zero attached hydrogens (tertiary/aromatic N) is 3. The van der Waals surface area contributed by atoms with Gasteiger partial charge in [-0.3, -0.25) is 0 Å². The number of hydrogen-bond donors (Lipinski definition) is 1. The van der Waals surface area contributed by atoms with E-state index in [1.807, 2.05) is 16.8 Å². The second kappa shape index (κ2) is 8.83. The molecule has 0 saturated heterocycles. The van der Waals surface area contributed by atoms with E-state index in [0.717, 1.165) is 51.9 Å². The van der Waals surface area contributed by atoms with Crippen molar-refractivity contribution in [1.82, 2.24) is 14.8 Å². The predicted octanol–water partition coefficient (Wildman–Crippen LogP) is 5.88. The van der Waals surface area contributed by atoms with E-state index in [-0.39, 0.29) is 5.41 Å². The highest BCUT2D eigenvalue weighted by Crippen LogP contribution is 2.51. The molecule has 1 N–H and O–H groups in total. The van der Waals surface area contributed by atoms with Crippen molar-refractivity contribution < 1.29 is 5.11 Å². The monoisotopic (exact) mass is 433 g/mol. The number of thioether (sulfide) groups is 1. The molecular formula is C23H32ClN3OS. The van der Waals surface area contributed by atoms with Gasteiger partial charge in [0.05, 0.1) is 6.54 Å². The third-order valence-electron chi connectivity index (χ3n) is 6.01. The Balaban J connectivity index is 1.97. The van der Waals surface area contributed by atoms with Crippen LogP contribution in [-0.2, 0) is 13.0 Å². The van der Waals surface area contributed by atoms with Crippen LogP contribution in [0.3, 0.4) is 0 Å². The van der Waals surface area contributed by atoms with Gasteiger partial charge in [0.15, 0.2) is 5.16 Å². The summed E-state index contributed by atoms with van der Waals surface area (Å²) in [5, 5.41) is 18.0. The van der Waals surface area contributed by atoms with Crippen molar-refractivity contribution in [3.63, 3.8) is 0 Å². The fraction of sp³-hybridized carbons (Fsp3) is 0.565. The van der Waals surface area contributed by atoms with E-state index >= 15 is 0 Å². The van der Waals surface area contributed by atoms with Gasteiger partial charge in [0.25, 0.3) is 0 Å². The van der Waals surface area contributed by atoms with Gasteiger partial charge in [-0.2, -0.15) is 5.10 Å². The Morgan fingerprint density at radius 1 is 1.34 bits per heavy atom. The molecule has 4 nitrogen and oxygen atoms in total. The van der Waals surface area contributed by atoms with Gasteiger partial charge in [-0.05, 0) is 53.4 Å². The van der Waals surface area contributed by atoms with Crippen LogP contribution in [0.5, 0.6) is 0 Å². The average molecular weight is 434 g/mol. The molecule has 0 radical (unpaired) electrons. The first-order valence-electron chi connectivity index (χ1n) is 10.4. The summed E-state index contributed by atoms with van der Waals surface area (Å²) in [4.78, 5) is 4.42. The van der Waals surface area contributed by atoms with E-state index in [1.165, 1.54) is 0 Å². The first-order chi connectivity index (χ1) is 13.7. The molecule has 3 rings (SSSR count). The highest BCUT2D eigenvalue weighted by Gasteiger charge is 2.51. The number of aromatic nitrogens is 3. The van der Waals surface area contributed by atoms with Gasteiger partial charge in [0.2, 0.25) is 0 Å². The molecule has 158 valence electrons. The fourth-order valence-electron chi connectivity index (χ4n) is 4.01. The third-order valence-corrected chi connectivity index (χ3v) is 7.77. The van der Waals surface area contributed by atoms with Crippen LogP contribution in [0, 0.1) is 11.3 Å². The van der Waals surface area contributed by atoms with E-state index < -0.39 is 5.60 Å². The number of benzene rings is 1. The predicted molar refractivity (Wildman–Crippen MR) is 122 cm³/mol. The van der Waals surface area contributed by atoms with Crippen molar-refractivity contribution in [3.05, 3.63) is 46.2 Å². The normalized spacial score (nSPS) is 22.7. The molecule has 0 spiro atoms. The largest absolute Gasteiger partial charge is 0.383 e. The maximum Gasteiger partial charge on any atom is 0.186 e. The molecular weight excluding hydrogens is 402 g/mol. The van der Waals surface area contributed by atoms with Gasteiger partial charge in [-0.1, -0.05) is 76.2 Å². The van der Waals surface area contributed by atoms with Gasteiger partial charge in [-0.15, -0.1) is 0 Å². The Morgan fingerprint density at radius 3 is 2.79 bits per heavy atom. The first kappa shape index (κ1) is 22.4. The highest BCUT2D eigenvalue weighted by molar-refractivity contribution is 7.99. The molecule has 0 bridgehead atoms. The van der Waals surface area contributed by atoms with Crippen molar-refractivity contribution in [2.45, 2.75) is 71.2 Å².